The van der Waals surface area contributed by atoms with Crippen LogP contribution in [0.4, 0.5) is 5.69 Å². The monoisotopic (exact) mass is 433 g/mol. The standard InChI is InChI=1S/C22H16BrN3O2/c1-14-5-7-16(8-6-14)21-25-26-22(28-21)17-11-9-15(10-12-17)20(27)24-19-4-2-3-18(23)13-19/h2-13H,1H3,(H,24,27). The second-order valence-corrected chi connectivity index (χ2v) is 7.24. The Morgan fingerprint density at radius 2 is 1.50 bits per heavy atom. The van der Waals surface area contributed by atoms with Crippen molar-refractivity contribution in [2.75, 3.05) is 5.32 Å². The van der Waals surface area contributed by atoms with Gasteiger partial charge >= 0.3 is 0 Å². The Hall–Kier alpha value is -3.25. The van der Waals surface area contributed by atoms with E-state index in [1.807, 2.05) is 55.5 Å². The third-order valence-electron chi connectivity index (χ3n) is 4.20. The van der Waals surface area contributed by atoms with Gasteiger partial charge in [-0.25, -0.2) is 0 Å². The van der Waals surface area contributed by atoms with Crippen LogP contribution in [-0.2, 0) is 0 Å². The lowest BCUT2D eigenvalue weighted by atomic mass is 10.1. The molecule has 0 saturated heterocycles. The summed E-state index contributed by atoms with van der Waals surface area (Å²) in [6.07, 6.45) is 0. The summed E-state index contributed by atoms with van der Waals surface area (Å²) in [7, 11) is 0. The van der Waals surface area contributed by atoms with Crippen molar-refractivity contribution in [3.8, 4) is 22.9 Å². The number of hydrogen-bond donors (Lipinski definition) is 1. The van der Waals surface area contributed by atoms with E-state index in [1.165, 1.54) is 5.56 Å². The molecule has 0 unspecified atom stereocenters. The molecule has 0 fully saturated rings. The van der Waals surface area contributed by atoms with Crippen molar-refractivity contribution in [2.45, 2.75) is 6.92 Å². The van der Waals surface area contributed by atoms with E-state index in [-0.39, 0.29) is 5.91 Å². The van der Waals surface area contributed by atoms with Crippen LogP contribution >= 0.6 is 15.9 Å². The summed E-state index contributed by atoms with van der Waals surface area (Å²) in [5.41, 5.74) is 4.06. The Bertz CT molecular complexity index is 1120. The number of nitrogens with zero attached hydrogens (tertiary/aromatic N) is 2. The third-order valence-corrected chi connectivity index (χ3v) is 4.69. The minimum atomic E-state index is -0.185. The largest absolute Gasteiger partial charge is 0.416 e. The fraction of sp³-hybridized carbons (Fsp3) is 0.0455. The molecular weight excluding hydrogens is 418 g/mol. The molecular formula is C22H16BrN3O2. The minimum absolute atomic E-state index is 0.185. The first kappa shape index (κ1) is 18.1. The van der Waals surface area contributed by atoms with Gasteiger partial charge in [0.2, 0.25) is 11.8 Å². The van der Waals surface area contributed by atoms with Crippen LogP contribution in [0.1, 0.15) is 15.9 Å². The molecule has 0 aliphatic rings. The van der Waals surface area contributed by atoms with Crippen molar-refractivity contribution in [3.63, 3.8) is 0 Å². The number of rotatable bonds is 4. The van der Waals surface area contributed by atoms with E-state index in [2.05, 4.69) is 31.4 Å². The summed E-state index contributed by atoms with van der Waals surface area (Å²) in [5.74, 6) is 0.691. The number of aryl methyl sites for hydroxylation is 1. The summed E-state index contributed by atoms with van der Waals surface area (Å²) in [5, 5.41) is 11.1. The Kier molecular flexibility index (Phi) is 5.04. The van der Waals surface area contributed by atoms with Gasteiger partial charge in [-0.3, -0.25) is 4.79 Å². The number of anilines is 1. The molecule has 28 heavy (non-hydrogen) atoms. The normalized spacial score (nSPS) is 10.6. The van der Waals surface area contributed by atoms with Crippen LogP contribution in [0.15, 0.2) is 81.7 Å². The van der Waals surface area contributed by atoms with Crippen LogP contribution < -0.4 is 5.32 Å². The van der Waals surface area contributed by atoms with Gasteiger partial charge in [0, 0.05) is 26.9 Å². The van der Waals surface area contributed by atoms with Crippen molar-refractivity contribution < 1.29 is 9.21 Å². The highest BCUT2D eigenvalue weighted by atomic mass is 79.9. The Morgan fingerprint density at radius 1 is 0.893 bits per heavy atom. The van der Waals surface area contributed by atoms with Gasteiger partial charge in [0.05, 0.1) is 0 Å². The molecule has 138 valence electrons. The number of carbonyl (C=O) groups is 1. The maximum atomic E-state index is 12.4. The summed E-state index contributed by atoms with van der Waals surface area (Å²) >= 11 is 3.39. The second kappa shape index (κ2) is 7.78. The topological polar surface area (TPSA) is 68.0 Å². The molecule has 0 atom stereocenters. The molecule has 0 radical (unpaired) electrons. The van der Waals surface area contributed by atoms with Gasteiger partial charge in [-0.05, 0) is 61.5 Å². The molecule has 0 spiro atoms. The molecule has 0 saturated carbocycles. The van der Waals surface area contributed by atoms with E-state index in [1.54, 1.807) is 24.3 Å². The van der Waals surface area contributed by atoms with Gasteiger partial charge in [-0.2, -0.15) is 0 Å². The zero-order chi connectivity index (χ0) is 19.5. The van der Waals surface area contributed by atoms with Crippen LogP contribution in [0.25, 0.3) is 22.9 Å². The first-order chi connectivity index (χ1) is 13.6. The predicted molar refractivity (Wildman–Crippen MR) is 112 cm³/mol. The first-order valence-electron chi connectivity index (χ1n) is 8.66. The number of halogens is 1. The van der Waals surface area contributed by atoms with E-state index in [9.17, 15) is 4.79 Å². The van der Waals surface area contributed by atoms with Crippen LogP contribution in [-0.4, -0.2) is 16.1 Å². The molecule has 3 aromatic carbocycles. The number of hydrogen-bond acceptors (Lipinski definition) is 4. The lowest BCUT2D eigenvalue weighted by Gasteiger charge is -2.06. The second-order valence-electron chi connectivity index (χ2n) is 6.32. The molecule has 1 heterocycles. The predicted octanol–water partition coefficient (Wildman–Crippen LogP) is 5.73. The summed E-state index contributed by atoms with van der Waals surface area (Å²) in [6, 6.07) is 22.4. The number of carbonyl (C=O) groups excluding carboxylic acids is 1. The van der Waals surface area contributed by atoms with Gasteiger partial charge in [0.25, 0.3) is 5.91 Å². The van der Waals surface area contributed by atoms with E-state index in [4.69, 9.17) is 4.42 Å². The zero-order valence-electron chi connectivity index (χ0n) is 15.0. The number of amides is 1. The third kappa shape index (κ3) is 4.02. The van der Waals surface area contributed by atoms with Gasteiger partial charge in [0.15, 0.2) is 0 Å². The Balaban J connectivity index is 1.50. The van der Waals surface area contributed by atoms with Crippen molar-refractivity contribution >= 4 is 27.5 Å². The zero-order valence-corrected chi connectivity index (χ0v) is 16.6. The highest BCUT2D eigenvalue weighted by Crippen LogP contribution is 2.24. The molecule has 5 nitrogen and oxygen atoms in total. The maximum Gasteiger partial charge on any atom is 0.255 e. The molecule has 6 heteroatoms. The van der Waals surface area contributed by atoms with Crippen LogP contribution in [0.3, 0.4) is 0 Å². The average molecular weight is 434 g/mol. The smallest absolute Gasteiger partial charge is 0.255 e. The first-order valence-corrected chi connectivity index (χ1v) is 9.46. The van der Waals surface area contributed by atoms with Gasteiger partial charge in [-0.1, -0.05) is 39.7 Å². The van der Waals surface area contributed by atoms with Crippen molar-refractivity contribution in [1.29, 1.82) is 0 Å². The lowest BCUT2D eigenvalue weighted by Crippen LogP contribution is -2.11. The molecule has 1 aromatic heterocycles. The van der Waals surface area contributed by atoms with Crippen LogP contribution in [0.2, 0.25) is 0 Å². The number of nitrogens with one attached hydrogen (secondary N) is 1. The molecule has 0 bridgehead atoms. The van der Waals surface area contributed by atoms with Crippen molar-refractivity contribution in [1.82, 2.24) is 10.2 Å². The SMILES string of the molecule is Cc1ccc(-c2nnc(-c3ccc(C(=O)Nc4cccc(Br)c4)cc3)o2)cc1. The average Bonchev–Trinajstić information content (AvgIpc) is 3.19. The fourth-order valence-electron chi connectivity index (χ4n) is 2.69. The quantitative estimate of drug-likeness (QED) is 0.446. The van der Waals surface area contributed by atoms with Gasteiger partial charge in [-0.15, -0.1) is 10.2 Å². The lowest BCUT2D eigenvalue weighted by molar-refractivity contribution is 0.102. The molecule has 1 amide bonds. The molecule has 1 N–H and O–H groups in total. The summed E-state index contributed by atoms with van der Waals surface area (Å²) in [4.78, 5) is 12.4. The van der Waals surface area contributed by atoms with Gasteiger partial charge < -0.3 is 9.73 Å². The van der Waals surface area contributed by atoms with E-state index in [0.717, 1.165) is 21.3 Å². The summed E-state index contributed by atoms with van der Waals surface area (Å²) < 4.78 is 6.68. The molecule has 0 aliphatic carbocycles. The number of benzene rings is 3. The van der Waals surface area contributed by atoms with E-state index in [0.29, 0.717) is 17.3 Å². The van der Waals surface area contributed by atoms with Gasteiger partial charge in [0.1, 0.15) is 0 Å². The fourth-order valence-corrected chi connectivity index (χ4v) is 3.09. The molecule has 4 aromatic rings. The van der Waals surface area contributed by atoms with E-state index >= 15 is 0 Å². The molecule has 4 rings (SSSR count). The minimum Gasteiger partial charge on any atom is -0.416 e. The van der Waals surface area contributed by atoms with Crippen molar-refractivity contribution in [3.05, 3.63) is 88.4 Å². The molecule has 0 aliphatic heterocycles. The van der Waals surface area contributed by atoms with Crippen molar-refractivity contribution in [2.24, 2.45) is 0 Å². The Labute approximate surface area is 170 Å². The summed E-state index contributed by atoms with van der Waals surface area (Å²) in [6.45, 7) is 2.03. The number of aromatic nitrogens is 2. The van der Waals surface area contributed by atoms with Crippen LogP contribution in [0.5, 0.6) is 0 Å². The highest BCUT2D eigenvalue weighted by Gasteiger charge is 2.12. The maximum absolute atomic E-state index is 12.4. The van der Waals surface area contributed by atoms with E-state index < -0.39 is 0 Å². The highest BCUT2D eigenvalue weighted by molar-refractivity contribution is 9.10. The Morgan fingerprint density at radius 3 is 2.11 bits per heavy atom. The van der Waals surface area contributed by atoms with Crippen LogP contribution in [0, 0.1) is 6.92 Å².